The van der Waals surface area contributed by atoms with Crippen LogP contribution in [0.4, 0.5) is 18.9 Å². The van der Waals surface area contributed by atoms with Crippen LogP contribution in [-0.4, -0.2) is 31.3 Å². The van der Waals surface area contributed by atoms with Crippen LogP contribution in [-0.2, 0) is 10.9 Å². The quantitative estimate of drug-likeness (QED) is 0.868. The molecule has 1 aliphatic rings. The van der Waals surface area contributed by atoms with Gasteiger partial charge in [0.05, 0.1) is 17.9 Å². The number of nitrogens with zero attached hydrogens (tertiary/aromatic N) is 2. The van der Waals surface area contributed by atoms with Gasteiger partial charge in [0.2, 0.25) is 0 Å². The van der Waals surface area contributed by atoms with Gasteiger partial charge < -0.3 is 14.1 Å². The summed E-state index contributed by atoms with van der Waals surface area (Å²) in [6.45, 7) is 1.24. The van der Waals surface area contributed by atoms with E-state index in [0.29, 0.717) is 30.1 Å². The molecule has 0 saturated carbocycles. The number of benzene rings is 1. The molecule has 1 saturated heterocycles. The van der Waals surface area contributed by atoms with Crippen molar-refractivity contribution in [2.45, 2.75) is 18.7 Å². The number of aromatic nitrogens is 1. The lowest BCUT2D eigenvalue weighted by molar-refractivity contribution is -0.137. The number of anilines is 1. The lowest BCUT2D eigenvalue weighted by Gasteiger charge is -2.21. The SMILES string of the molecule is CO[C@@H]1CCN(c2cc(-c3cnco3)cc(C(F)(F)F)c2)C1. The van der Waals surface area contributed by atoms with E-state index in [2.05, 4.69) is 4.98 Å². The van der Waals surface area contributed by atoms with Crippen LogP contribution in [0, 0.1) is 0 Å². The fraction of sp³-hybridized carbons (Fsp3) is 0.400. The maximum Gasteiger partial charge on any atom is 0.416 e. The summed E-state index contributed by atoms with van der Waals surface area (Å²) in [6, 6.07) is 3.93. The lowest BCUT2D eigenvalue weighted by atomic mass is 10.1. The molecule has 22 heavy (non-hydrogen) atoms. The van der Waals surface area contributed by atoms with Crippen molar-refractivity contribution in [3.05, 3.63) is 36.4 Å². The molecule has 1 fully saturated rings. The first kappa shape index (κ1) is 14.9. The fourth-order valence-corrected chi connectivity index (χ4v) is 2.61. The molecule has 0 aliphatic carbocycles. The third kappa shape index (κ3) is 2.94. The van der Waals surface area contributed by atoms with Gasteiger partial charge in [-0.3, -0.25) is 0 Å². The van der Waals surface area contributed by atoms with Crippen molar-refractivity contribution in [2.75, 3.05) is 25.1 Å². The highest BCUT2D eigenvalue weighted by Gasteiger charge is 2.33. The molecule has 3 rings (SSSR count). The van der Waals surface area contributed by atoms with Crippen LogP contribution < -0.4 is 4.90 Å². The molecule has 2 aromatic rings. The Morgan fingerprint density at radius 1 is 1.32 bits per heavy atom. The van der Waals surface area contributed by atoms with Crippen molar-refractivity contribution >= 4 is 5.69 Å². The zero-order valence-corrected chi connectivity index (χ0v) is 11.9. The van der Waals surface area contributed by atoms with E-state index in [1.54, 1.807) is 13.2 Å². The summed E-state index contributed by atoms with van der Waals surface area (Å²) >= 11 is 0. The molecule has 1 atom stereocenters. The molecular weight excluding hydrogens is 297 g/mol. The third-order valence-electron chi connectivity index (χ3n) is 3.81. The van der Waals surface area contributed by atoms with Gasteiger partial charge in [-0.1, -0.05) is 0 Å². The Bertz CT molecular complexity index is 641. The highest BCUT2D eigenvalue weighted by atomic mass is 19.4. The summed E-state index contributed by atoms with van der Waals surface area (Å²) in [5.41, 5.74) is 0.182. The van der Waals surface area contributed by atoms with Gasteiger partial charge in [-0.05, 0) is 24.6 Å². The monoisotopic (exact) mass is 312 g/mol. The van der Waals surface area contributed by atoms with E-state index in [-0.39, 0.29) is 6.10 Å². The highest BCUT2D eigenvalue weighted by molar-refractivity contribution is 5.66. The van der Waals surface area contributed by atoms with E-state index in [4.69, 9.17) is 9.15 Å². The zero-order valence-electron chi connectivity index (χ0n) is 11.9. The van der Waals surface area contributed by atoms with Crippen molar-refractivity contribution in [1.29, 1.82) is 0 Å². The van der Waals surface area contributed by atoms with E-state index in [1.807, 2.05) is 4.90 Å². The maximum atomic E-state index is 13.1. The van der Waals surface area contributed by atoms with E-state index in [1.165, 1.54) is 12.6 Å². The number of rotatable bonds is 3. The molecule has 0 amide bonds. The zero-order chi connectivity index (χ0) is 15.7. The van der Waals surface area contributed by atoms with Crippen LogP contribution in [0.1, 0.15) is 12.0 Å². The summed E-state index contributed by atoms with van der Waals surface area (Å²) in [6.07, 6.45) is -0.966. The van der Waals surface area contributed by atoms with Gasteiger partial charge in [-0.25, -0.2) is 4.98 Å². The molecule has 4 nitrogen and oxygen atoms in total. The first-order valence-corrected chi connectivity index (χ1v) is 6.86. The summed E-state index contributed by atoms with van der Waals surface area (Å²) in [7, 11) is 1.61. The molecule has 7 heteroatoms. The predicted octanol–water partition coefficient (Wildman–Crippen LogP) is 3.59. The normalized spacial score (nSPS) is 18.9. The Labute approximate surface area is 125 Å². The van der Waals surface area contributed by atoms with E-state index < -0.39 is 11.7 Å². The summed E-state index contributed by atoms with van der Waals surface area (Å²) in [5, 5.41) is 0. The van der Waals surface area contributed by atoms with Crippen LogP contribution in [0.15, 0.2) is 35.2 Å². The van der Waals surface area contributed by atoms with E-state index >= 15 is 0 Å². The van der Waals surface area contributed by atoms with Crippen molar-refractivity contribution in [1.82, 2.24) is 4.98 Å². The molecule has 1 aliphatic heterocycles. The fourth-order valence-electron chi connectivity index (χ4n) is 2.61. The molecule has 1 aromatic heterocycles. The summed E-state index contributed by atoms with van der Waals surface area (Å²) in [5.74, 6) is 0.315. The maximum absolute atomic E-state index is 13.1. The average molecular weight is 312 g/mol. The van der Waals surface area contributed by atoms with Crippen LogP contribution >= 0.6 is 0 Å². The number of ether oxygens (including phenoxy) is 1. The first-order chi connectivity index (χ1) is 10.5. The minimum atomic E-state index is -4.41. The smallest absolute Gasteiger partial charge is 0.416 e. The first-order valence-electron chi connectivity index (χ1n) is 6.86. The van der Waals surface area contributed by atoms with Crippen LogP contribution in [0.5, 0.6) is 0 Å². The Morgan fingerprint density at radius 2 is 2.14 bits per heavy atom. The molecule has 2 heterocycles. The number of methoxy groups -OCH3 is 1. The summed E-state index contributed by atoms with van der Waals surface area (Å²) < 4.78 is 49.8. The van der Waals surface area contributed by atoms with Crippen molar-refractivity contribution in [2.24, 2.45) is 0 Å². The van der Waals surface area contributed by atoms with Gasteiger partial charge in [0.25, 0.3) is 0 Å². The number of alkyl halides is 3. The van der Waals surface area contributed by atoms with Gasteiger partial charge in [-0.2, -0.15) is 13.2 Å². The highest BCUT2D eigenvalue weighted by Crippen LogP contribution is 2.36. The Morgan fingerprint density at radius 3 is 2.73 bits per heavy atom. The van der Waals surface area contributed by atoms with Crippen molar-refractivity contribution in [3.8, 4) is 11.3 Å². The average Bonchev–Trinajstić information content (AvgIpc) is 3.17. The lowest BCUT2D eigenvalue weighted by Crippen LogP contribution is -2.22. The molecule has 0 spiro atoms. The molecule has 0 radical (unpaired) electrons. The number of halogens is 3. The van der Waals surface area contributed by atoms with E-state index in [0.717, 1.165) is 18.6 Å². The molecule has 118 valence electrons. The van der Waals surface area contributed by atoms with Gasteiger partial charge in [0, 0.05) is 31.5 Å². The minimum absolute atomic E-state index is 0.0447. The molecular formula is C15H15F3N2O2. The Balaban J connectivity index is 2.01. The Kier molecular flexibility index (Phi) is 3.82. The molecule has 0 N–H and O–H groups in total. The second-order valence-electron chi connectivity index (χ2n) is 5.22. The van der Waals surface area contributed by atoms with Crippen molar-refractivity contribution in [3.63, 3.8) is 0 Å². The summed E-state index contributed by atoms with van der Waals surface area (Å²) in [4.78, 5) is 5.65. The molecule has 1 aromatic carbocycles. The van der Waals surface area contributed by atoms with Gasteiger partial charge in [0.1, 0.15) is 0 Å². The van der Waals surface area contributed by atoms with Gasteiger partial charge in [0.15, 0.2) is 12.2 Å². The van der Waals surface area contributed by atoms with Crippen LogP contribution in [0.25, 0.3) is 11.3 Å². The standard InChI is InChI=1S/C15H15F3N2O2/c1-21-13-2-3-20(8-13)12-5-10(14-7-19-9-22-14)4-11(6-12)15(16,17)18/h4-7,9,13H,2-3,8H2,1H3/t13-/m1/s1. The molecule has 0 bridgehead atoms. The number of hydrogen-bond acceptors (Lipinski definition) is 4. The third-order valence-corrected chi connectivity index (χ3v) is 3.81. The van der Waals surface area contributed by atoms with E-state index in [9.17, 15) is 13.2 Å². The van der Waals surface area contributed by atoms with Crippen LogP contribution in [0.2, 0.25) is 0 Å². The second-order valence-corrected chi connectivity index (χ2v) is 5.22. The number of oxazole rings is 1. The number of hydrogen-bond donors (Lipinski definition) is 0. The largest absolute Gasteiger partial charge is 0.444 e. The van der Waals surface area contributed by atoms with Crippen LogP contribution in [0.3, 0.4) is 0 Å². The van der Waals surface area contributed by atoms with Crippen molar-refractivity contribution < 1.29 is 22.3 Å². The van der Waals surface area contributed by atoms with Gasteiger partial charge >= 0.3 is 6.18 Å². The Hall–Kier alpha value is -2.02. The predicted molar refractivity (Wildman–Crippen MR) is 74.6 cm³/mol. The van der Waals surface area contributed by atoms with Gasteiger partial charge in [-0.15, -0.1) is 0 Å². The minimum Gasteiger partial charge on any atom is -0.444 e. The molecule has 0 unspecified atom stereocenters. The second kappa shape index (κ2) is 5.64. The topological polar surface area (TPSA) is 38.5 Å².